The number of nitrogens with zero attached hydrogens (tertiary/aromatic N) is 3. The van der Waals surface area contributed by atoms with Crippen LogP contribution in [0, 0.1) is 5.92 Å². The van der Waals surface area contributed by atoms with Crippen molar-refractivity contribution in [1.82, 2.24) is 9.88 Å². The Morgan fingerprint density at radius 1 is 1.36 bits per heavy atom. The first kappa shape index (κ1) is 18.9. The summed E-state index contributed by atoms with van der Waals surface area (Å²) in [6, 6.07) is 1.66. The fourth-order valence-electron chi connectivity index (χ4n) is 4.00. The van der Waals surface area contributed by atoms with Crippen molar-refractivity contribution in [3.63, 3.8) is 0 Å². The molecule has 2 aromatic heterocycles. The summed E-state index contributed by atoms with van der Waals surface area (Å²) in [7, 11) is 0. The van der Waals surface area contributed by atoms with Crippen LogP contribution >= 0.6 is 11.3 Å². The second-order valence-corrected chi connectivity index (χ2v) is 8.48. The van der Waals surface area contributed by atoms with Gasteiger partial charge in [-0.2, -0.15) is 0 Å². The fraction of sp³-hybridized carbons (Fsp3) is 0.476. The van der Waals surface area contributed by atoms with E-state index < -0.39 is 0 Å². The van der Waals surface area contributed by atoms with Gasteiger partial charge in [0.1, 0.15) is 6.26 Å². The van der Waals surface area contributed by atoms with Crippen LogP contribution in [-0.2, 0) is 17.6 Å². The second kappa shape index (κ2) is 8.31. The maximum absolute atomic E-state index is 13.3. The first-order valence-corrected chi connectivity index (χ1v) is 10.7. The molecule has 0 unspecified atom stereocenters. The average molecular weight is 400 g/mol. The van der Waals surface area contributed by atoms with E-state index in [1.807, 2.05) is 0 Å². The zero-order valence-electron chi connectivity index (χ0n) is 15.9. The maximum Gasteiger partial charge on any atom is 0.257 e. The number of anilines is 1. The van der Waals surface area contributed by atoms with Crippen LogP contribution in [0.25, 0.3) is 0 Å². The number of furan rings is 1. The van der Waals surface area contributed by atoms with Crippen molar-refractivity contribution in [3.05, 3.63) is 47.4 Å². The molecule has 0 aromatic carbocycles. The average Bonchev–Trinajstić information content (AvgIpc) is 3.40. The zero-order chi connectivity index (χ0) is 19.5. The molecule has 1 aliphatic heterocycles. The monoisotopic (exact) mass is 399 g/mol. The first-order chi connectivity index (χ1) is 13.7. The Morgan fingerprint density at radius 3 is 2.96 bits per heavy atom. The van der Waals surface area contributed by atoms with Crippen molar-refractivity contribution in [2.24, 2.45) is 5.92 Å². The van der Waals surface area contributed by atoms with Gasteiger partial charge in [-0.15, -0.1) is 17.9 Å². The Morgan fingerprint density at radius 2 is 2.21 bits per heavy atom. The van der Waals surface area contributed by atoms with Gasteiger partial charge in [0.2, 0.25) is 5.91 Å². The molecule has 3 heterocycles. The quantitative estimate of drug-likeness (QED) is 0.719. The molecule has 4 rings (SSSR count). The summed E-state index contributed by atoms with van der Waals surface area (Å²) in [5.41, 5.74) is 1.68. The van der Waals surface area contributed by atoms with Crippen LogP contribution in [0.15, 0.2) is 35.7 Å². The minimum Gasteiger partial charge on any atom is -0.472 e. The summed E-state index contributed by atoms with van der Waals surface area (Å²) in [6.45, 7) is 5.36. The normalized spacial score (nSPS) is 19.1. The number of aryl methyl sites for hydroxylation is 2. The SMILES string of the molecule is C=CCN(C(=O)[C@H]1CCCN(C(=O)c2ccoc2)C1)c1nc2c(s1)CCCC2. The number of piperidine rings is 1. The minimum absolute atomic E-state index is 0.0377. The van der Waals surface area contributed by atoms with E-state index >= 15 is 0 Å². The number of carbonyl (C=O) groups is 2. The Balaban J connectivity index is 1.51. The van der Waals surface area contributed by atoms with Gasteiger partial charge < -0.3 is 9.32 Å². The molecule has 6 nitrogen and oxygen atoms in total. The van der Waals surface area contributed by atoms with Crippen LogP contribution in [0.1, 0.15) is 46.6 Å². The molecule has 7 heteroatoms. The van der Waals surface area contributed by atoms with Crippen molar-refractivity contribution >= 4 is 28.3 Å². The molecular weight excluding hydrogens is 374 g/mol. The van der Waals surface area contributed by atoms with Crippen LogP contribution in [0.2, 0.25) is 0 Å². The summed E-state index contributed by atoms with van der Waals surface area (Å²) >= 11 is 1.63. The molecule has 0 N–H and O–H groups in total. The predicted molar refractivity (Wildman–Crippen MR) is 109 cm³/mol. The van der Waals surface area contributed by atoms with Crippen LogP contribution in [0.5, 0.6) is 0 Å². The lowest BCUT2D eigenvalue weighted by Crippen LogP contribution is -2.47. The number of rotatable bonds is 5. The molecule has 2 aromatic rings. The highest BCUT2D eigenvalue weighted by molar-refractivity contribution is 7.16. The van der Waals surface area contributed by atoms with Gasteiger partial charge in [0.15, 0.2) is 5.13 Å². The molecule has 1 aliphatic carbocycles. The topological polar surface area (TPSA) is 66.7 Å². The Hall–Kier alpha value is -2.41. The van der Waals surface area contributed by atoms with Gasteiger partial charge in [-0.05, 0) is 44.6 Å². The predicted octanol–water partition coefficient (Wildman–Crippen LogP) is 3.69. The van der Waals surface area contributed by atoms with Crippen molar-refractivity contribution in [2.75, 3.05) is 24.5 Å². The third kappa shape index (κ3) is 3.76. The number of hydrogen-bond donors (Lipinski definition) is 0. The fourth-order valence-corrected chi connectivity index (χ4v) is 5.16. The molecule has 0 saturated carbocycles. The van der Waals surface area contributed by atoms with Gasteiger partial charge >= 0.3 is 0 Å². The van der Waals surface area contributed by atoms with E-state index in [2.05, 4.69) is 6.58 Å². The number of aromatic nitrogens is 1. The summed E-state index contributed by atoms with van der Waals surface area (Å²) in [4.78, 5) is 35.6. The van der Waals surface area contributed by atoms with Gasteiger partial charge in [0.25, 0.3) is 5.91 Å². The smallest absolute Gasteiger partial charge is 0.257 e. The molecule has 148 valence electrons. The summed E-state index contributed by atoms with van der Waals surface area (Å²) in [5, 5.41) is 0.773. The number of likely N-dealkylation sites (tertiary alicyclic amines) is 1. The summed E-state index contributed by atoms with van der Waals surface area (Å²) in [5.74, 6) is -0.257. The number of amides is 2. The number of hydrogen-bond acceptors (Lipinski definition) is 5. The largest absolute Gasteiger partial charge is 0.472 e. The van der Waals surface area contributed by atoms with Crippen molar-refractivity contribution in [2.45, 2.75) is 38.5 Å². The molecular formula is C21H25N3O3S. The van der Waals surface area contributed by atoms with Crippen molar-refractivity contribution < 1.29 is 14.0 Å². The molecule has 2 aliphatic rings. The minimum atomic E-state index is -0.217. The van der Waals surface area contributed by atoms with Crippen molar-refractivity contribution in [1.29, 1.82) is 0 Å². The highest BCUT2D eigenvalue weighted by Crippen LogP contribution is 2.33. The van der Waals surface area contributed by atoms with Gasteiger partial charge in [-0.25, -0.2) is 4.98 Å². The van der Waals surface area contributed by atoms with E-state index in [9.17, 15) is 9.59 Å². The Bertz CT molecular complexity index is 835. The zero-order valence-corrected chi connectivity index (χ0v) is 16.7. The first-order valence-electron chi connectivity index (χ1n) is 9.89. The second-order valence-electron chi connectivity index (χ2n) is 7.41. The molecule has 0 spiro atoms. The van der Waals surface area contributed by atoms with E-state index in [4.69, 9.17) is 9.40 Å². The lowest BCUT2D eigenvalue weighted by atomic mass is 9.96. The van der Waals surface area contributed by atoms with E-state index in [1.54, 1.807) is 33.3 Å². The van der Waals surface area contributed by atoms with Crippen molar-refractivity contribution in [3.8, 4) is 0 Å². The Kier molecular flexibility index (Phi) is 5.62. The molecule has 0 radical (unpaired) electrons. The number of thiazole rings is 1. The van der Waals surface area contributed by atoms with E-state index in [0.29, 0.717) is 25.2 Å². The maximum atomic E-state index is 13.3. The standard InChI is InChI=1S/C21H25N3O3S/c1-2-10-24(21-22-17-7-3-4-8-18(17)28-21)20(26)15-6-5-11-23(13-15)19(25)16-9-12-27-14-16/h2,9,12,14-15H,1,3-8,10-11,13H2/t15-/m0/s1. The molecule has 28 heavy (non-hydrogen) atoms. The Labute approximate surface area is 168 Å². The van der Waals surface area contributed by atoms with Gasteiger partial charge in [0.05, 0.1) is 23.4 Å². The van der Waals surface area contributed by atoms with Crippen LogP contribution in [0.3, 0.4) is 0 Å². The number of carbonyl (C=O) groups excluding carboxylic acids is 2. The highest BCUT2D eigenvalue weighted by atomic mass is 32.1. The highest BCUT2D eigenvalue weighted by Gasteiger charge is 2.33. The molecule has 1 fully saturated rings. The van der Waals surface area contributed by atoms with Crippen LogP contribution in [0.4, 0.5) is 5.13 Å². The lowest BCUT2D eigenvalue weighted by molar-refractivity contribution is -0.123. The molecule has 0 bridgehead atoms. The van der Waals surface area contributed by atoms with Crippen LogP contribution < -0.4 is 4.90 Å². The van der Waals surface area contributed by atoms with Gasteiger partial charge in [-0.1, -0.05) is 6.08 Å². The molecule has 2 amide bonds. The third-order valence-electron chi connectivity index (χ3n) is 5.47. The van der Waals surface area contributed by atoms with E-state index in [1.165, 1.54) is 30.2 Å². The van der Waals surface area contributed by atoms with Gasteiger partial charge in [-0.3, -0.25) is 14.5 Å². The lowest BCUT2D eigenvalue weighted by Gasteiger charge is -2.34. The summed E-state index contributed by atoms with van der Waals surface area (Å²) < 4.78 is 5.03. The van der Waals surface area contributed by atoms with E-state index in [0.717, 1.165) is 36.5 Å². The molecule has 1 atom stereocenters. The van der Waals surface area contributed by atoms with E-state index in [-0.39, 0.29) is 17.7 Å². The number of fused-ring (bicyclic) bond motifs is 1. The summed E-state index contributed by atoms with van der Waals surface area (Å²) in [6.07, 6.45) is 10.7. The van der Waals surface area contributed by atoms with Gasteiger partial charge in [0, 0.05) is 24.5 Å². The third-order valence-corrected chi connectivity index (χ3v) is 6.65. The molecule has 1 saturated heterocycles. The van der Waals surface area contributed by atoms with Crippen LogP contribution in [-0.4, -0.2) is 41.3 Å².